The molecule has 0 amide bonds. The second-order valence-electron chi connectivity index (χ2n) is 12.0. The van der Waals surface area contributed by atoms with Crippen molar-refractivity contribution < 1.29 is 24.2 Å². The molecule has 0 aromatic rings. The van der Waals surface area contributed by atoms with Crippen molar-refractivity contribution in [1.82, 2.24) is 0 Å². The summed E-state index contributed by atoms with van der Waals surface area (Å²) in [5, 5.41) is 11.1. The van der Waals surface area contributed by atoms with Crippen LogP contribution in [0.15, 0.2) is 11.6 Å². The second-order valence-corrected chi connectivity index (χ2v) is 13.0. The summed E-state index contributed by atoms with van der Waals surface area (Å²) >= 11 is 3.87. The van der Waals surface area contributed by atoms with Gasteiger partial charge in [-0.15, -0.1) is 0 Å². The molecule has 4 aliphatic rings. The summed E-state index contributed by atoms with van der Waals surface area (Å²) in [5.74, 6) is -0.0782. The number of aliphatic hydroxyl groups is 1. The first-order valence-corrected chi connectivity index (χ1v) is 13.0. The lowest BCUT2D eigenvalue weighted by Gasteiger charge is -2.46. The van der Waals surface area contributed by atoms with Gasteiger partial charge in [0.15, 0.2) is 0 Å². The van der Waals surface area contributed by atoms with Crippen LogP contribution in [0.2, 0.25) is 0 Å². The van der Waals surface area contributed by atoms with E-state index in [1.807, 2.05) is 6.08 Å². The van der Waals surface area contributed by atoms with Gasteiger partial charge >= 0.3 is 0 Å². The molecule has 0 aromatic heterocycles. The van der Waals surface area contributed by atoms with Gasteiger partial charge in [0.25, 0.3) is 0 Å². The predicted octanol–water partition coefficient (Wildman–Crippen LogP) is 4.63. The van der Waals surface area contributed by atoms with E-state index in [-0.39, 0.29) is 51.6 Å². The quantitative estimate of drug-likeness (QED) is 0.440. The first-order chi connectivity index (χ1) is 14.8. The Morgan fingerprint density at radius 3 is 2.66 bits per heavy atom. The number of rotatable bonds is 4. The Balaban J connectivity index is 1.70. The molecule has 1 saturated heterocycles. The average molecular weight is 511 g/mol. The molecule has 1 aliphatic heterocycles. The highest BCUT2D eigenvalue weighted by molar-refractivity contribution is 9.09. The van der Waals surface area contributed by atoms with Crippen LogP contribution in [0, 0.1) is 29.1 Å². The van der Waals surface area contributed by atoms with Crippen LogP contribution in [0.1, 0.15) is 73.1 Å². The molecule has 1 N–H and O–H groups in total. The van der Waals surface area contributed by atoms with E-state index in [0.717, 1.165) is 38.4 Å². The number of ether oxygens (including phenoxy) is 2. The van der Waals surface area contributed by atoms with E-state index in [1.54, 1.807) is 14.0 Å². The molecular weight excluding hydrogens is 472 g/mol. The fraction of sp³-hybridized carbons (Fsp3) is 0.846. The van der Waals surface area contributed by atoms with E-state index < -0.39 is 11.5 Å². The Morgan fingerprint density at radius 2 is 2.03 bits per heavy atom. The average Bonchev–Trinajstić information content (AvgIpc) is 3.26. The zero-order valence-corrected chi connectivity index (χ0v) is 21.9. The first-order valence-electron chi connectivity index (χ1n) is 12.1. The van der Waals surface area contributed by atoms with Gasteiger partial charge in [0, 0.05) is 19.4 Å². The maximum absolute atomic E-state index is 12.8. The van der Waals surface area contributed by atoms with Gasteiger partial charge in [-0.2, -0.15) is 0 Å². The number of halogens is 1. The monoisotopic (exact) mass is 510 g/mol. The van der Waals surface area contributed by atoms with Crippen LogP contribution in [0.3, 0.4) is 0 Å². The Hall–Kier alpha value is -0.560. The van der Waals surface area contributed by atoms with Gasteiger partial charge in [-0.3, -0.25) is 9.59 Å². The van der Waals surface area contributed by atoms with Crippen LogP contribution in [0.4, 0.5) is 0 Å². The number of ketones is 1. The van der Waals surface area contributed by atoms with Crippen molar-refractivity contribution in [3.8, 4) is 0 Å². The highest BCUT2D eigenvalue weighted by Gasteiger charge is 2.64. The summed E-state index contributed by atoms with van der Waals surface area (Å²) in [6.07, 6.45) is 7.44. The van der Waals surface area contributed by atoms with Gasteiger partial charge in [-0.1, -0.05) is 35.9 Å². The predicted molar refractivity (Wildman–Crippen MR) is 127 cm³/mol. The molecule has 1 spiro atoms. The molecule has 0 radical (unpaired) electrons. The molecule has 9 unspecified atom stereocenters. The molecule has 9 atom stereocenters. The summed E-state index contributed by atoms with van der Waals surface area (Å²) in [6, 6.07) is 0. The van der Waals surface area contributed by atoms with E-state index >= 15 is 0 Å². The van der Waals surface area contributed by atoms with Crippen LogP contribution in [-0.2, 0) is 19.1 Å². The van der Waals surface area contributed by atoms with Crippen molar-refractivity contribution in [2.45, 2.75) is 101 Å². The number of carbonyl (C=O) groups is 2. The van der Waals surface area contributed by atoms with Crippen LogP contribution in [-0.4, -0.2) is 52.0 Å². The lowest BCUT2D eigenvalue weighted by Crippen LogP contribution is -2.47. The number of carbonyl (C=O) groups excluding carboxylic acids is 2. The largest absolute Gasteiger partial charge is 0.389 e. The number of Topliss-reactive ketones (excluding diaryl/α,β-unsaturated/α-hetero) is 1. The van der Waals surface area contributed by atoms with Crippen molar-refractivity contribution in [3.63, 3.8) is 0 Å². The minimum Gasteiger partial charge on any atom is -0.389 e. The Morgan fingerprint density at radius 1 is 1.34 bits per heavy atom. The van der Waals surface area contributed by atoms with E-state index in [4.69, 9.17) is 9.47 Å². The highest BCUT2D eigenvalue weighted by atomic mass is 79.9. The minimum absolute atomic E-state index is 0.00239. The summed E-state index contributed by atoms with van der Waals surface area (Å²) in [7, 11) is 1.74. The lowest BCUT2D eigenvalue weighted by atomic mass is 9.62. The summed E-state index contributed by atoms with van der Waals surface area (Å²) in [6.45, 7) is 10.6. The van der Waals surface area contributed by atoms with Gasteiger partial charge < -0.3 is 14.6 Å². The number of hydrogen-bond acceptors (Lipinski definition) is 5. The number of methoxy groups -OCH3 is 1. The fourth-order valence-corrected chi connectivity index (χ4v) is 8.06. The zero-order chi connectivity index (χ0) is 23.7. The standard InChI is InChI=1S/C26H39BrO5/c1-15-11-19(22(27)23(2,3)31-6)32-26(15)10-9-24(4)12-17-21(18(29)13-25(17,5)30)16(14-28)7-8-20(24)26/h7,14-15,17,19-22,30H,8-13H2,1-6H3. The van der Waals surface area contributed by atoms with Crippen LogP contribution >= 0.6 is 15.9 Å². The molecule has 180 valence electrons. The summed E-state index contributed by atoms with van der Waals surface area (Å²) < 4.78 is 12.7. The molecule has 5 nitrogen and oxygen atoms in total. The topological polar surface area (TPSA) is 72.8 Å². The second kappa shape index (κ2) is 8.00. The number of aldehydes is 1. The highest BCUT2D eigenvalue weighted by Crippen LogP contribution is 2.64. The summed E-state index contributed by atoms with van der Waals surface area (Å²) in [4.78, 5) is 24.9. The molecule has 2 saturated carbocycles. The van der Waals surface area contributed by atoms with Gasteiger partial charge in [0.2, 0.25) is 0 Å². The van der Waals surface area contributed by atoms with Gasteiger partial charge in [0.1, 0.15) is 12.1 Å². The Kier molecular flexibility index (Phi) is 6.14. The number of fused-ring (bicyclic) bond motifs is 3. The first kappa shape index (κ1) is 24.6. The molecule has 0 aromatic carbocycles. The van der Waals surface area contributed by atoms with E-state index in [0.29, 0.717) is 11.5 Å². The molecule has 0 bridgehead atoms. The third-order valence-corrected chi connectivity index (χ3v) is 11.4. The molecule has 3 fully saturated rings. The van der Waals surface area contributed by atoms with Crippen LogP contribution in [0.5, 0.6) is 0 Å². The van der Waals surface area contributed by atoms with Crippen molar-refractivity contribution in [2.24, 2.45) is 29.1 Å². The lowest BCUT2D eigenvalue weighted by molar-refractivity contribution is -0.122. The Bertz CT molecular complexity index is 819. The molecule has 32 heavy (non-hydrogen) atoms. The molecule has 4 rings (SSSR count). The third kappa shape index (κ3) is 3.59. The van der Waals surface area contributed by atoms with Crippen molar-refractivity contribution in [3.05, 3.63) is 11.6 Å². The number of hydrogen-bond donors (Lipinski definition) is 1. The maximum Gasteiger partial charge on any atom is 0.146 e. The van der Waals surface area contributed by atoms with Crippen LogP contribution < -0.4 is 0 Å². The molecule has 3 aliphatic carbocycles. The zero-order valence-electron chi connectivity index (χ0n) is 20.3. The van der Waals surface area contributed by atoms with Crippen molar-refractivity contribution in [1.29, 1.82) is 0 Å². The third-order valence-electron chi connectivity index (χ3n) is 9.68. The van der Waals surface area contributed by atoms with E-state index in [2.05, 4.69) is 43.6 Å². The molecule has 6 heteroatoms. The molecular formula is C26H39BrO5. The fourth-order valence-electron chi connectivity index (χ4n) is 7.55. The number of alkyl halides is 1. The smallest absolute Gasteiger partial charge is 0.146 e. The molecule has 1 heterocycles. The van der Waals surface area contributed by atoms with Gasteiger partial charge in [-0.05, 0) is 75.7 Å². The number of allylic oxidation sites excluding steroid dienone is 2. The summed E-state index contributed by atoms with van der Waals surface area (Å²) in [5.41, 5.74) is -1.17. The maximum atomic E-state index is 12.8. The van der Waals surface area contributed by atoms with E-state index in [1.165, 1.54) is 0 Å². The minimum atomic E-state index is -1.07. The van der Waals surface area contributed by atoms with Crippen molar-refractivity contribution >= 4 is 28.0 Å². The van der Waals surface area contributed by atoms with Crippen LogP contribution in [0.25, 0.3) is 0 Å². The normalized spacial score (nSPS) is 47.6. The SMILES string of the molecule is COC(C)(C)C(Br)C1CC(C)C2(CCC3(C)CC4C(C(=O)CC4(C)O)C(C=O)=CCC32)O1. The van der Waals surface area contributed by atoms with Gasteiger partial charge in [0.05, 0.1) is 33.7 Å². The van der Waals surface area contributed by atoms with Crippen molar-refractivity contribution in [2.75, 3.05) is 7.11 Å². The van der Waals surface area contributed by atoms with Gasteiger partial charge in [-0.25, -0.2) is 0 Å². The van der Waals surface area contributed by atoms with E-state index in [9.17, 15) is 14.7 Å². The Labute approximate surface area is 200 Å².